The van der Waals surface area contributed by atoms with Gasteiger partial charge in [0.25, 0.3) is 0 Å². The van der Waals surface area contributed by atoms with Crippen molar-refractivity contribution < 1.29 is 13.6 Å². The van der Waals surface area contributed by atoms with Crippen LogP contribution in [0.1, 0.15) is 30.1 Å². The van der Waals surface area contributed by atoms with E-state index in [0.717, 1.165) is 17.7 Å². The summed E-state index contributed by atoms with van der Waals surface area (Å²) in [6.07, 6.45) is 2.41. The van der Waals surface area contributed by atoms with Gasteiger partial charge in [0.05, 0.1) is 6.20 Å². The van der Waals surface area contributed by atoms with E-state index in [2.05, 4.69) is 5.10 Å². The Morgan fingerprint density at radius 2 is 2.14 bits per heavy atom. The fourth-order valence-electron chi connectivity index (χ4n) is 3.57. The van der Waals surface area contributed by atoms with Crippen LogP contribution in [0.25, 0.3) is 0 Å². The van der Waals surface area contributed by atoms with Crippen LogP contribution < -0.4 is 0 Å². The molecule has 1 aromatic rings. The third-order valence-electron chi connectivity index (χ3n) is 4.73. The third kappa shape index (κ3) is 2.62. The summed E-state index contributed by atoms with van der Waals surface area (Å²) in [6, 6.07) is -0.401. The summed E-state index contributed by atoms with van der Waals surface area (Å²) >= 11 is 0. The Labute approximate surface area is 128 Å². The second-order valence-corrected chi connectivity index (χ2v) is 6.68. The lowest BCUT2D eigenvalue weighted by molar-refractivity contribution is -0.139. The molecule has 0 aromatic carbocycles. The Balaban J connectivity index is 1.82. The molecule has 22 heavy (non-hydrogen) atoms. The zero-order chi connectivity index (χ0) is 16.1. The molecule has 122 valence electrons. The first-order valence-electron chi connectivity index (χ1n) is 7.62. The van der Waals surface area contributed by atoms with E-state index in [1.165, 1.54) is 0 Å². The second-order valence-electron chi connectivity index (χ2n) is 6.68. The van der Waals surface area contributed by atoms with Gasteiger partial charge in [-0.05, 0) is 5.92 Å². The van der Waals surface area contributed by atoms with Crippen molar-refractivity contribution in [2.45, 2.75) is 31.2 Å². The molecule has 0 bridgehead atoms. The highest BCUT2D eigenvalue weighted by Gasteiger charge is 2.47. The van der Waals surface area contributed by atoms with Gasteiger partial charge in [-0.2, -0.15) is 5.10 Å². The molecule has 1 aliphatic carbocycles. The molecule has 7 heteroatoms. The summed E-state index contributed by atoms with van der Waals surface area (Å²) in [5.41, 5.74) is 1.98. The zero-order valence-corrected chi connectivity index (χ0v) is 13.2. The smallest absolute Gasteiger partial charge is 0.248 e. The van der Waals surface area contributed by atoms with Crippen LogP contribution >= 0.6 is 0 Å². The van der Waals surface area contributed by atoms with E-state index in [1.54, 1.807) is 29.9 Å². The largest absolute Gasteiger partial charge is 0.347 e. The van der Waals surface area contributed by atoms with Gasteiger partial charge in [0.1, 0.15) is 6.04 Å². The minimum atomic E-state index is -2.51. The monoisotopic (exact) mass is 312 g/mol. The number of carbonyl (C=O) groups excluding carboxylic acids is 1. The van der Waals surface area contributed by atoms with Gasteiger partial charge in [-0.25, -0.2) is 8.78 Å². The van der Waals surface area contributed by atoms with Crippen molar-refractivity contribution in [1.82, 2.24) is 19.6 Å². The van der Waals surface area contributed by atoms with Gasteiger partial charge in [-0.1, -0.05) is 0 Å². The van der Waals surface area contributed by atoms with Crippen LogP contribution in [0.15, 0.2) is 6.20 Å². The molecule has 1 unspecified atom stereocenters. The number of nitrogens with zero attached hydrogens (tertiary/aromatic N) is 4. The van der Waals surface area contributed by atoms with Crippen LogP contribution in [0.4, 0.5) is 8.78 Å². The molecule has 3 rings (SSSR count). The predicted molar refractivity (Wildman–Crippen MR) is 77.6 cm³/mol. The summed E-state index contributed by atoms with van der Waals surface area (Å²) < 4.78 is 27.9. The number of carbonyl (C=O) groups is 1. The molecule has 1 amide bonds. The van der Waals surface area contributed by atoms with Gasteiger partial charge in [-0.3, -0.25) is 14.4 Å². The SMILES string of the molecule is CN(C)C(=O)C1c2cnn(C)c2CCN1CC1CC(F)(F)C1. The molecule has 0 N–H and O–H groups in total. The molecule has 1 aromatic heterocycles. The molecular formula is C15H22F2N4O. The number of hydrogen-bond acceptors (Lipinski definition) is 3. The molecule has 1 fully saturated rings. The van der Waals surface area contributed by atoms with Crippen molar-refractivity contribution in [3.63, 3.8) is 0 Å². The van der Waals surface area contributed by atoms with E-state index < -0.39 is 12.0 Å². The van der Waals surface area contributed by atoms with E-state index in [-0.39, 0.29) is 24.7 Å². The highest BCUT2D eigenvalue weighted by Crippen LogP contribution is 2.44. The molecule has 1 saturated carbocycles. The topological polar surface area (TPSA) is 41.4 Å². The Morgan fingerprint density at radius 1 is 1.45 bits per heavy atom. The highest BCUT2D eigenvalue weighted by atomic mass is 19.3. The van der Waals surface area contributed by atoms with Gasteiger partial charge in [0.15, 0.2) is 0 Å². The van der Waals surface area contributed by atoms with E-state index in [1.807, 2.05) is 11.9 Å². The summed E-state index contributed by atoms with van der Waals surface area (Å²) in [4.78, 5) is 16.2. The fourth-order valence-corrected chi connectivity index (χ4v) is 3.57. The Kier molecular flexibility index (Phi) is 3.71. The van der Waals surface area contributed by atoms with E-state index >= 15 is 0 Å². The summed E-state index contributed by atoms with van der Waals surface area (Å²) in [5.74, 6) is -2.55. The van der Waals surface area contributed by atoms with E-state index in [9.17, 15) is 13.6 Å². The van der Waals surface area contributed by atoms with Crippen LogP contribution in [-0.2, 0) is 18.3 Å². The highest BCUT2D eigenvalue weighted by molar-refractivity contribution is 5.83. The van der Waals surface area contributed by atoms with E-state index in [4.69, 9.17) is 0 Å². The van der Waals surface area contributed by atoms with Crippen molar-refractivity contribution in [2.75, 3.05) is 27.2 Å². The van der Waals surface area contributed by atoms with Gasteiger partial charge < -0.3 is 4.90 Å². The van der Waals surface area contributed by atoms with E-state index in [0.29, 0.717) is 13.1 Å². The Morgan fingerprint density at radius 3 is 2.73 bits per heavy atom. The number of likely N-dealkylation sites (N-methyl/N-ethyl adjacent to an activating group) is 1. The minimum Gasteiger partial charge on any atom is -0.347 e. The van der Waals surface area contributed by atoms with Gasteiger partial charge in [0, 0.05) is 64.8 Å². The first-order valence-corrected chi connectivity index (χ1v) is 7.62. The second kappa shape index (κ2) is 5.30. The summed E-state index contributed by atoms with van der Waals surface area (Å²) in [5, 5.41) is 4.26. The van der Waals surface area contributed by atoms with Crippen molar-refractivity contribution >= 4 is 5.91 Å². The minimum absolute atomic E-state index is 0.0139. The molecule has 0 spiro atoms. The molecule has 0 saturated heterocycles. The molecule has 1 atom stereocenters. The predicted octanol–water partition coefficient (Wildman–Crippen LogP) is 1.45. The maximum absolute atomic E-state index is 13.1. The molecule has 0 radical (unpaired) electrons. The number of hydrogen-bond donors (Lipinski definition) is 0. The first kappa shape index (κ1) is 15.4. The number of aromatic nitrogens is 2. The number of rotatable bonds is 3. The van der Waals surface area contributed by atoms with Gasteiger partial charge >= 0.3 is 0 Å². The lowest BCUT2D eigenvalue weighted by Gasteiger charge is -2.42. The van der Waals surface area contributed by atoms with Crippen molar-refractivity contribution in [3.8, 4) is 0 Å². The van der Waals surface area contributed by atoms with Crippen molar-refractivity contribution in [1.29, 1.82) is 0 Å². The molecule has 5 nitrogen and oxygen atoms in total. The lowest BCUT2D eigenvalue weighted by Crippen LogP contribution is -2.49. The number of fused-ring (bicyclic) bond motifs is 1. The van der Waals surface area contributed by atoms with Crippen LogP contribution in [-0.4, -0.2) is 58.6 Å². The van der Waals surface area contributed by atoms with Crippen LogP contribution in [0.2, 0.25) is 0 Å². The number of halogens is 2. The Hall–Kier alpha value is -1.50. The van der Waals surface area contributed by atoms with Crippen LogP contribution in [0.5, 0.6) is 0 Å². The first-order chi connectivity index (χ1) is 10.3. The Bertz CT molecular complexity index is 576. The maximum Gasteiger partial charge on any atom is 0.248 e. The summed E-state index contributed by atoms with van der Waals surface area (Å²) in [7, 11) is 5.32. The fraction of sp³-hybridized carbons (Fsp3) is 0.733. The molecular weight excluding hydrogens is 290 g/mol. The summed E-state index contributed by atoms with van der Waals surface area (Å²) in [6.45, 7) is 1.26. The molecule has 2 aliphatic rings. The quantitative estimate of drug-likeness (QED) is 0.848. The number of alkyl halides is 2. The number of aryl methyl sites for hydroxylation is 1. The van der Waals surface area contributed by atoms with Crippen molar-refractivity contribution in [3.05, 3.63) is 17.5 Å². The lowest BCUT2D eigenvalue weighted by atomic mass is 9.80. The number of amides is 1. The standard InChI is InChI=1S/C15H22F2N4O/c1-19(2)14(22)13-11-8-18-20(3)12(11)4-5-21(13)9-10-6-15(16,17)7-10/h8,10,13H,4-7,9H2,1-3H3. The van der Waals surface area contributed by atoms with Gasteiger partial charge in [-0.15, -0.1) is 0 Å². The normalized spacial score (nSPS) is 24.7. The maximum atomic E-state index is 13.1. The molecule has 1 aliphatic heterocycles. The van der Waals surface area contributed by atoms with Crippen LogP contribution in [0.3, 0.4) is 0 Å². The zero-order valence-electron chi connectivity index (χ0n) is 13.2. The third-order valence-corrected chi connectivity index (χ3v) is 4.73. The van der Waals surface area contributed by atoms with Crippen LogP contribution in [0, 0.1) is 5.92 Å². The molecule has 2 heterocycles. The average molecular weight is 312 g/mol. The average Bonchev–Trinajstić information content (AvgIpc) is 2.77. The van der Waals surface area contributed by atoms with Gasteiger partial charge in [0.2, 0.25) is 11.8 Å². The van der Waals surface area contributed by atoms with Crippen molar-refractivity contribution in [2.24, 2.45) is 13.0 Å².